The van der Waals surface area contributed by atoms with Crippen molar-refractivity contribution < 1.29 is 0 Å². The SMILES string of the molecule is c1ccc(C2(c3ccccc3)CCN3CCC[C@H]32)cc1. The van der Waals surface area contributed by atoms with E-state index in [1.54, 1.807) is 0 Å². The van der Waals surface area contributed by atoms with E-state index in [2.05, 4.69) is 65.6 Å². The molecule has 2 aromatic rings. The Kier molecular flexibility index (Phi) is 2.89. The number of rotatable bonds is 2. The Bertz CT molecular complexity index is 536. The van der Waals surface area contributed by atoms with Crippen molar-refractivity contribution in [2.24, 2.45) is 0 Å². The van der Waals surface area contributed by atoms with Crippen LogP contribution in [-0.2, 0) is 5.41 Å². The Labute approximate surface area is 121 Å². The zero-order chi connectivity index (χ0) is 13.4. The maximum atomic E-state index is 2.71. The van der Waals surface area contributed by atoms with Crippen LogP contribution in [0, 0.1) is 0 Å². The van der Waals surface area contributed by atoms with Crippen LogP contribution >= 0.6 is 0 Å². The van der Waals surface area contributed by atoms with Gasteiger partial charge in [0.25, 0.3) is 0 Å². The van der Waals surface area contributed by atoms with Gasteiger partial charge in [-0.1, -0.05) is 60.7 Å². The highest BCUT2D eigenvalue weighted by atomic mass is 15.2. The lowest BCUT2D eigenvalue weighted by Crippen LogP contribution is -2.39. The van der Waals surface area contributed by atoms with E-state index in [9.17, 15) is 0 Å². The molecule has 2 aliphatic heterocycles. The van der Waals surface area contributed by atoms with Gasteiger partial charge in [0, 0.05) is 11.5 Å². The van der Waals surface area contributed by atoms with Crippen molar-refractivity contribution in [3.8, 4) is 0 Å². The van der Waals surface area contributed by atoms with Gasteiger partial charge >= 0.3 is 0 Å². The summed E-state index contributed by atoms with van der Waals surface area (Å²) < 4.78 is 0. The van der Waals surface area contributed by atoms with E-state index in [1.807, 2.05) is 0 Å². The summed E-state index contributed by atoms with van der Waals surface area (Å²) in [6.45, 7) is 2.53. The first-order valence-corrected chi connectivity index (χ1v) is 7.76. The molecule has 20 heavy (non-hydrogen) atoms. The molecule has 0 aromatic heterocycles. The lowest BCUT2D eigenvalue weighted by Gasteiger charge is -2.36. The largest absolute Gasteiger partial charge is 0.299 e. The van der Waals surface area contributed by atoms with E-state index in [4.69, 9.17) is 0 Å². The second kappa shape index (κ2) is 4.75. The average Bonchev–Trinajstić information content (AvgIpc) is 3.11. The van der Waals surface area contributed by atoms with Crippen molar-refractivity contribution in [3.05, 3.63) is 71.8 Å². The van der Waals surface area contributed by atoms with Gasteiger partial charge in [-0.15, -0.1) is 0 Å². The van der Waals surface area contributed by atoms with Crippen LogP contribution in [0.5, 0.6) is 0 Å². The minimum atomic E-state index is 0.207. The summed E-state index contributed by atoms with van der Waals surface area (Å²) in [5, 5.41) is 0. The minimum absolute atomic E-state index is 0.207. The third-order valence-corrected chi connectivity index (χ3v) is 5.30. The second-order valence-corrected chi connectivity index (χ2v) is 6.15. The zero-order valence-electron chi connectivity index (χ0n) is 11.8. The summed E-state index contributed by atoms with van der Waals surface area (Å²) >= 11 is 0. The molecule has 2 heterocycles. The molecule has 1 atom stereocenters. The highest BCUT2D eigenvalue weighted by molar-refractivity contribution is 5.43. The highest BCUT2D eigenvalue weighted by Crippen LogP contribution is 2.49. The molecule has 1 heteroatoms. The van der Waals surface area contributed by atoms with E-state index in [0.29, 0.717) is 6.04 Å². The van der Waals surface area contributed by atoms with Gasteiger partial charge in [-0.2, -0.15) is 0 Å². The van der Waals surface area contributed by atoms with Crippen LogP contribution < -0.4 is 0 Å². The van der Waals surface area contributed by atoms with Crippen LogP contribution in [0.2, 0.25) is 0 Å². The summed E-state index contributed by atoms with van der Waals surface area (Å²) in [4.78, 5) is 2.71. The number of hydrogen-bond acceptors (Lipinski definition) is 1. The first-order chi connectivity index (χ1) is 9.91. The molecule has 1 nitrogen and oxygen atoms in total. The molecule has 2 fully saturated rings. The van der Waals surface area contributed by atoms with E-state index < -0.39 is 0 Å². The fourth-order valence-corrected chi connectivity index (χ4v) is 4.45. The maximum Gasteiger partial charge on any atom is 0.0370 e. The molecule has 2 saturated heterocycles. The monoisotopic (exact) mass is 263 g/mol. The van der Waals surface area contributed by atoms with Gasteiger partial charge in [-0.05, 0) is 43.5 Å². The molecule has 2 aromatic carbocycles. The molecule has 0 saturated carbocycles. The fraction of sp³-hybridized carbons (Fsp3) is 0.368. The normalized spacial score (nSPS) is 24.7. The molecule has 0 aliphatic carbocycles. The van der Waals surface area contributed by atoms with Crippen molar-refractivity contribution in [1.82, 2.24) is 4.90 Å². The van der Waals surface area contributed by atoms with E-state index in [1.165, 1.54) is 43.5 Å². The minimum Gasteiger partial charge on any atom is -0.299 e. The number of nitrogens with zero attached hydrogens (tertiary/aromatic N) is 1. The molecule has 0 N–H and O–H groups in total. The Balaban J connectivity index is 1.90. The quantitative estimate of drug-likeness (QED) is 0.795. The van der Waals surface area contributed by atoms with Crippen LogP contribution in [-0.4, -0.2) is 24.0 Å². The Morgan fingerprint density at radius 1 is 0.800 bits per heavy atom. The average molecular weight is 263 g/mol. The molecular weight excluding hydrogens is 242 g/mol. The number of fused-ring (bicyclic) bond motifs is 1. The molecule has 0 radical (unpaired) electrons. The van der Waals surface area contributed by atoms with Crippen molar-refractivity contribution >= 4 is 0 Å². The molecule has 0 bridgehead atoms. The fourth-order valence-electron chi connectivity index (χ4n) is 4.45. The van der Waals surface area contributed by atoms with Gasteiger partial charge in [-0.3, -0.25) is 4.90 Å². The third kappa shape index (κ3) is 1.66. The maximum absolute atomic E-state index is 2.71. The number of benzene rings is 2. The Morgan fingerprint density at radius 2 is 1.40 bits per heavy atom. The van der Waals surface area contributed by atoms with Gasteiger partial charge in [0.15, 0.2) is 0 Å². The molecule has 0 spiro atoms. The smallest absolute Gasteiger partial charge is 0.0370 e. The number of hydrogen-bond donors (Lipinski definition) is 0. The topological polar surface area (TPSA) is 3.24 Å². The summed E-state index contributed by atoms with van der Waals surface area (Å²) in [5.41, 5.74) is 3.21. The lowest BCUT2D eigenvalue weighted by molar-refractivity contribution is 0.285. The van der Waals surface area contributed by atoms with Crippen LogP contribution in [0.15, 0.2) is 60.7 Å². The first kappa shape index (κ1) is 12.2. The van der Waals surface area contributed by atoms with Gasteiger partial charge in [0.1, 0.15) is 0 Å². The standard InChI is InChI=1S/C19H21N/c1-3-8-16(9-4-1)19(17-10-5-2-6-11-17)13-15-20-14-7-12-18(19)20/h1-6,8-11,18H,7,12-15H2/t18-/m0/s1. The first-order valence-electron chi connectivity index (χ1n) is 7.76. The second-order valence-electron chi connectivity index (χ2n) is 6.15. The summed E-state index contributed by atoms with van der Waals surface area (Å²) in [5.74, 6) is 0. The molecule has 4 rings (SSSR count). The molecule has 2 aliphatic rings. The summed E-state index contributed by atoms with van der Waals surface area (Å²) in [7, 11) is 0. The van der Waals surface area contributed by atoms with Crippen molar-refractivity contribution in [1.29, 1.82) is 0 Å². The van der Waals surface area contributed by atoms with E-state index >= 15 is 0 Å². The Morgan fingerprint density at radius 3 is 2.00 bits per heavy atom. The van der Waals surface area contributed by atoms with E-state index in [0.717, 1.165) is 0 Å². The molecular formula is C19H21N. The Hall–Kier alpha value is -1.60. The lowest BCUT2D eigenvalue weighted by atomic mass is 9.68. The zero-order valence-corrected chi connectivity index (χ0v) is 11.8. The highest BCUT2D eigenvalue weighted by Gasteiger charge is 2.50. The van der Waals surface area contributed by atoms with Crippen molar-refractivity contribution in [2.45, 2.75) is 30.7 Å². The van der Waals surface area contributed by atoms with Gasteiger partial charge in [-0.25, -0.2) is 0 Å². The van der Waals surface area contributed by atoms with E-state index in [-0.39, 0.29) is 5.41 Å². The molecule has 0 amide bonds. The van der Waals surface area contributed by atoms with Crippen LogP contribution in [0.4, 0.5) is 0 Å². The molecule has 102 valence electrons. The van der Waals surface area contributed by atoms with Gasteiger partial charge in [0.05, 0.1) is 0 Å². The predicted octanol–water partition coefficient (Wildman–Crippen LogP) is 3.84. The summed E-state index contributed by atoms with van der Waals surface area (Å²) in [6.07, 6.45) is 3.95. The predicted molar refractivity (Wildman–Crippen MR) is 82.9 cm³/mol. The third-order valence-electron chi connectivity index (χ3n) is 5.30. The van der Waals surface area contributed by atoms with Crippen LogP contribution in [0.25, 0.3) is 0 Å². The van der Waals surface area contributed by atoms with Crippen LogP contribution in [0.3, 0.4) is 0 Å². The van der Waals surface area contributed by atoms with Gasteiger partial charge in [0.2, 0.25) is 0 Å². The van der Waals surface area contributed by atoms with Crippen molar-refractivity contribution in [3.63, 3.8) is 0 Å². The van der Waals surface area contributed by atoms with Gasteiger partial charge < -0.3 is 0 Å². The van der Waals surface area contributed by atoms with Crippen LogP contribution in [0.1, 0.15) is 30.4 Å². The summed E-state index contributed by atoms with van der Waals surface area (Å²) in [6, 6.07) is 23.0. The van der Waals surface area contributed by atoms with Crippen molar-refractivity contribution in [2.75, 3.05) is 13.1 Å². The molecule has 0 unspecified atom stereocenters.